The standard InChI is InChI=1S/C17H16N2O3/c1-13(19(21)12-20)11-22-17-8-6-16(7-9-17)15-4-2-14(10-18)3-5-15/h2-9,12-13,21H,11H2,1H3. The van der Waals surface area contributed by atoms with Crippen molar-refractivity contribution < 1.29 is 14.7 Å². The molecule has 2 aromatic rings. The third kappa shape index (κ3) is 3.84. The van der Waals surface area contributed by atoms with Gasteiger partial charge in [0, 0.05) is 0 Å². The molecule has 0 heterocycles. The molecule has 112 valence electrons. The number of carbonyl (C=O) groups excluding carboxylic acids is 1. The van der Waals surface area contributed by atoms with Gasteiger partial charge in [0.05, 0.1) is 17.7 Å². The summed E-state index contributed by atoms with van der Waals surface area (Å²) in [5.41, 5.74) is 2.66. The quantitative estimate of drug-likeness (QED) is 0.505. The van der Waals surface area contributed by atoms with Crippen molar-refractivity contribution in [1.29, 1.82) is 5.26 Å². The smallest absolute Gasteiger partial charge is 0.233 e. The van der Waals surface area contributed by atoms with Gasteiger partial charge in [-0.2, -0.15) is 5.26 Å². The number of benzene rings is 2. The van der Waals surface area contributed by atoms with Crippen LogP contribution in [0.3, 0.4) is 0 Å². The van der Waals surface area contributed by atoms with Gasteiger partial charge < -0.3 is 4.74 Å². The maximum atomic E-state index is 10.4. The second-order valence-electron chi connectivity index (χ2n) is 4.86. The van der Waals surface area contributed by atoms with E-state index < -0.39 is 6.04 Å². The van der Waals surface area contributed by atoms with E-state index in [-0.39, 0.29) is 6.61 Å². The predicted octanol–water partition coefficient (Wildman–Crippen LogP) is 2.84. The van der Waals surface area contributed by atoms with Gasteiger partial charge in [0.1, 0.15) is 12.4 Å². The highest BCUT2D eigenvalue weighted by atomic mass is 16.5. The second kappa shape index (κ2) is 7.25. The molecule has 2 aromatic carbocycles. The molecule has 22 heavy (non-hydrogen) atoms. The van der Waals surface area contributed by atoms with Gasteiger partial charge in [0.25, 0.3) is 0 Å². The molecule has 0 saturated heterocycles. The Morgan fingerprint density at radius 3 is 2.23 bits per heavy atom. The van der Waals surface area contributed by atoms with E-state index in [4.69, 9.17) is 10.00 Å². The zero-order valence-electron chi connectivity index (χ0n) is 12.1. The van der Waals surface area contributed by atoms with Crippen LogP contribution in [-0.4, -0.2) is 29.3 Å². The molecule has 0 aliphatic rings. The minimum atomic E-state index is -0.421. The van der Waals surface area contributed by atoms with Crippen molar-refractivity contribution in [3.05, 3.63) is 54.1 Å². The van der Waals surface area contributed by atoms with Gasteiger partial charge in [-0.25, -0.2) is 5.06 Å². The highest BCUT2D eigenvalue weighted by molar-refractivity contribution is 5.64. The van der Waals surface area contributed by atoms with E-state index in [2.05, 4.69) is 6.07 Å². The Bertz CT molecular complexity index is 660. The normalized spacial score (nSPS) is 11.3. The molecule has 0 fully saturated rings. The van der Waals surface area contributed by atoms with Crippen LogP contribution in [0.25, 0.3) is 11.1 Å². The lowest BCUT2D eigenvalue weighted by atomic mass is 10.0. The van der Waals surface area contributed by atoms with Crippen molar-refractivity contribution in [2.75, 3.05) is 6.61 Å². The topological polar surface area (TPSA) is 73.6 Å². The van der Waals surface area contributed by atoms with Crippen LogP contribution in [-0.2, 0) is 4.79 Å². The summed E-state index contributed by atoms with van der Waals surface area (Å²) >= 11 is 0. The first kappa shape index (κ1) is 15.5. The molecule has 1 amide bonds. The summed E-state index contributed by atoms with van der Waals surface area (Å²) in [6.45, 7) is 1.88. The van der Waals surface area contributed by atoms with Crippen LogP contribution in [0.15, 0.2) is 48.5 Å². The van der Waals surface area contributed by atoms with Gasteiger partial charge in [0.15, 0.2) is 0 Å². The second-order valence-corrected chi connectivity index (χ2v) is 4.86. The first-order valence-corrected chi connectivity index (χ1v) is 6.80. The highest BCUT2D eigenvalue weighted by Crippen LogP contribution is 2.22. The summed E-state index contributed by atoms with van der Waals surface area (Å²) in [4.78, 5) is 10.4. The number of carbonyl (C=O) groups is 1. The number of nitrogens with zero attached hydrogens (tertiary/aromatic N) is 2. The van der Waals surface area contributed by atoms with Crippen LogP contribution >= 0.6 is 0 Å². The summed E-state index contributed by atoms with van der Waals surface area (Å²) in [6, 6.07) is 16.5. The van der Waals surface area contributed by atoms with E-state index in [1.54, 1.807) is 19.1 Å². The van der Waals surface area contributed by atoms with E-state index in [0.29, 0.717) is 22.8 Å². The van der Waals surface area contributed by atoms with Crippen LogP contribution in [0.4, 0.5) is 0 Å². The molecule has 0 aliphatic heterocycles. The molecule has 5 nitrogen and oxygen atoms in total. The lowest BCUT2D eigenvalue weighted by Gasteiger charge is -2.18. The fourth-order valence-electron chi connectivity index (χ4n) is 1.88. The number of ether oxygens (including phenoxy) is 1. The van der Waals surface area contributed by atoms with Gasteiger partial charge in [0.2, 0.25) is 6.41 Å². The molecule has 1 atom stereocenters. The van der Waals surface area contributed by atoms with Gasteiger partial charge in [-0.15, -0.1) is 0 Å². The predicted molar refractivity (Wildman–Crippen MR) is 81.2 cm³/mol. The molecular weight excluding hydrogens is 280 g/mol. The lowest BCUT2D eigenvalue weighted by Crippen LogP contribution is -2.33. The van der Waals surface area contributed by atoms with Crippen molar-refractivity contribution in [1.82, 2.24) is 5.06 Å². The Labute approximate surface area is 128 Å². The van der Waals surface area contributed by atoms with Crippen LogP contribution in [0.2, 0.25) is 0 Å². The molecule has 1 N–H and O–H groups in total. The van der Waals surface area contributed by atoms with E-state index >= 15 is 0 Å². The Balaban J connectivity index is 2.00. The van der Waals surface area contributed by atoms with Crippen molar-refractivity contribution in [3.63, 3.8) is 0 Å². The maximum absolute atomic E-state index is 10.4. The van der Waals surface area contributed by atoms with Crippen LogP contribution in [0, 0.1) is 11.3 Å². The number of hydroxylamine groups is 2. The van der Waals surface area contributed by atoms with Crippen molar-refractivity contribution >= 4 is 6.41 Å². The van der Waals surface area contributed by atoms with Crippen molar-refractivity contribution in [2.24, 2.45) is 0 Å². The fraction of sp³-hybridized carbons (Fsp3) is 0.176. The minimum Gasteiger partial charge on any atom is -0.491 e. The van der Waals surface area contributed by atoms with E-state index in [9.17, 15) is 10.0 Å². The summed E-state index contributed by atoms with van der Waals surface area (Å²) < 4.78 is 5.51. The largest absolute Gasteiger partial charge is 0.491 e. The Hall–Kier alpha value is -2.84. The van der Waals surface area contributed by atoms with Gasteiger partial charge in [-0.1, -0.05) is 24.3 Å². The number of hydrogen-bond donors (Lipinski definition) is 1. The highest BCUT2D eigenvalue weighted by Gasteiger charge is 2.09. The number of nitriles is 1. The number of amides is 1. The molecule has 0 bridgehead atoms. The molecule has 0 spiro atoms. The summed E-state index contributed by atoms with van der Waals surface area (Å²) in [7, 11) is 0. The molecule has 0 radical (unpaired) electrons. The summed E-state index contributed by atoms with van der Waals surface area (Å²) in [5.74, 6) is 0.656. The zero-order chi connectivity index (χ0) is 15.9. The van der Waals surface area contributed by atoms with E-state index in [1.807, 2.05) is 36.4 Å². The third-order valence-corrected chi connectivity index (χ3v) is 3.25. The van der Waals surface area contributed by atoms with E-state index in [1.165, 1.54) is 0 Å². The third-order valence-electron chi connectivity index (χ3n) is 3.25. The Kier molecular flexibility index (Phi) is 5.12. The number of rotatable bonds is 6. The van der Waals surface area contributed by atoms with Gasteiger partial charge in [-0.3, -0.25) is 10.0 Å². The molecule has 2 rings (SSSR count). The van der Waals surface area contributed by atoms with Crippen molar-refractivity contribution in [3.8, 4) is 22.9 Å². The van der Waals surface area contributed by atoms with Gasteiger partial charge >= 0.3 is 0 Å². The summed E-state index contributed by atoms with van der Waals surface area (Å²) in [5, 5.41) is 18.6. The Morgan fingerprint density at radius 2 is 1.73 bits per heavy atom. The van der Waals surface area contributed by atoms with Gasteiger partial charge in [-0.05, 0) is 42.3 Å². The SMILES string of the molecule is CC(COc1ccc(-c2ccc(C#N)cc2)cc1)N(O)C=O. The molecular formula is C17H16N2O3. The number of hydrogen-bond acceptors (Lipinski definition) is 4. The molecule has 1 unspecified atom stereocenters. The molecule has 0 aliphatic carbocycles. The van der Waals surface area contributed by atoms with E-state index in [0.717, 1.165) is 11.1 Å². The summed E-state index contributed by atoms with van der Waals surface area (Å²) in [6.07, 6.45) is 0.349. The Morgan fingerprint density at radius 1 is 1.18 bits per heavy atom. The average molecular weight is 296 g/mol. The first-order chi connectivity index (χ1) is 10.6. The molecule has 0 aromatic heterocycles. The van der Waals surface area contributed by atoms with Crippen LogP contribution < -0.4 is 4.74 Å². The maximum Gasteiger partial charge on any atom is 0.233 e. The zero-order valence-corrected chi connectivity index (χ0v) is 12.1. The minimum absolute atomic E-state index is 0.200. The van der Waals surface area contributed by atoms with Crippen LogP contribution in [0.5, 0.6) is 5.75 Å². The lowest BCUT2D eigenvalue weighted by molar-refractivity contribution is -0.160. The van der Waals surface area contributed by atoms with Crippen molar-refractivity contribution in [2.45, 2.75) is 13.0 Å². The van der Waals surface area contributed by atoms with Crippen LogP contribution in [0.1, 0.15) is 12.5 Å². The average Bonchev–Trinajstić information content (AvgIpc) is 2.59. The molecule has 5 heteroatoms. The monoisotopic (exact) mass is 296 g/mol. The first-order valence-electron chi connectivity index (χ1n) is 6.80. The molecule has 0 saturated carbocycles. The fourth-order valence-corrected chi connectivity index (χ4v) is 1.88.